The second kappa shape index (κ2) is 8.19. The van der Waals surface area contributed by atoms with E-state index in [2.05, 4.69) is 11.4 Å². The van der Waals surface area contributed by atoms with Crippen LogP contribution in [0.15, 0.2) is 48.5 Å². The number of amides is 2. The second-order valence-corrected chi connectivity index (χ2v) is 9.44. The van der Waals surface area contributed by atoms with Crippen LogP contribution in [0.4, 0.5) is 5.69 Å². The Morgan fingerprint density at radius 3 is 2.63 bits per heavy atom. The van der Waals surface area contributed by atoms with Gasteiger partial charge in [0.2, 0.25) is 11.8 Å². The molecule has 0 radical (unpaired) electrons. The number of fused-ring (bicyclic) bond motifs is 1. The molecule has 3 aromatic rings. The van der Waals surface area contributed by atoms with Crippen LogP contribution < -0.4 is 5.32 Å². The Labute approximate surface area is 180 Å². The Morgan fingerprint density at radius 1 is 1.10 bits per heavy atom. The Hall–Kier alpha value is -2.73. The molecule has 2 amide bonds. The summed E-state index contributed by atoms with van der Waals surface area (Å²) in [5, 5.41) is 4.08. The largest absolute Gasteiger partial charge is 0.339 e. The highest BCUT2D eigenvalue weighted by Gasteiger charge is 2.38. The van der Waals surface area contributed by atoms with Crippen molar-refractivity contribution < 1.29 is 9.59 Å². The van der Waals surface area contributed by atoms with E-state index in [9.17, 15) is 9.59 Å². The second-order valence-electron chi connectivity index (χ2n) is 8.32. The maximum atomic E-state index is 12.7. The molecule has 1 saturated heterocycles. The SMILES string of the molecule is O=C(Nc1ccc(Cc2nc3ccccc3s2)cc1)[C@H]1CC(=O)N(C2CCCC2)C1. The average Bonchev–Trinajstić information content (AvgIpc) is 3.48. The Kier molecular flexibility index (Phi) is 5.25. The summed E-state index contributed by atoms with van der Waals surface area (Å²) in [5.41, 5.74) is 2.98. The number of hydrogen-bond donors (Lipinski definition) is 1. The molecule has 0 bridgehead atoms. The molecule has 30 heavy (non-hydrogen) atoms. The number of thiazole rings is 1. The summed E-state index contributed by atoms with van der Waals surface area (Å²) in [7, 11) is 0. The van der Waals surface area contributed by atoms with Crippen molar-refractivity contribution in [3.05, 3.63) is 59.1 Å². The number of rotatable bonds is 5. The van der Waals surface area contributed by atoms with Crippen LogP contribution in [0.5, 0.6) is 0 Å². The van der Waals surface area contributed by atoms with E-state index in [1.807, 2.05) is 47.4 Å². The number of benzene rings is 2. The smallest absolute Gasteiger partial charge is 0.229 e. The van der Waals surface area contributed by atoms with Crippen LogP contribution in [0.25, 0.3) is 10.2 Å². The van der Waals surface area contributed by atoms with Crippen molar-refractivity contribution in [2.24, 2.45) is 5.92 Å². The number of nitrogens with zero attached hydrogens (tertiary/aromatic N) is 2. The highest BCUT2D eigenvalue weighted by atomic mass is 32.1. The van der Waals surface area contributed by atoms with Crippen molar-refractivity contribution in [3.63, 3.8) is 0 Å². The predicted molar refractivity (Wildman–Crippen MR) is 120 cm³/mol. The summed E-state index contributed by atoms with van der Waals surface area (Å²) in [5.74, 6) is -0.170. The van der Waals surface area contributed by atoms with Crippen LogP contribution in [0.3, 0.4) is 0 Å². The van der Waals surface area contributed by atoms with Crippen LogP contribution in [0.2, 0.25) is 0 Å². The van der Waals surface area contributed by atoms with Crippen molar-refractivity contribution in [1.82, 2.24) is 9.88 Å². The molecule has 1 aliphatic heterocycles. The van der Waals surface area contributed by atoms with Crippen molar-refractivity contribution in [1.29, 1.82) is 0 Å². The van der Waals surface area contributed by atoms with Gasteiger partial charge in [-0.3, -0.25) is 9.59 Å². The Balaban J connectivity index is 1.19. The molecule has 2 aromatic carbocycles. The Morgan fingerprint density at radius 2 is 1.87 bits per heavy atom. The van der Waals surface area contributed by atoms with E-state index in [1.165, 1.54) is 17.5 Å². The number of carbonyl (C=O) groups is 2. The third kappa shape index (κ3) is 3.97. The van der Waals surface area contributed by atoms with Crippen LogP contribution in [0.1, 0.15) is 42.7 Å². The molecule has 5 rings (SSSR count). The average molecular weight is 420 g/mol. The zero-order valence-electron chi connectivity index (χ0n) is 16.8. The summed E-state index contributed by atoms with van der Waals surface area (Å²) in [6.07, 6.45) is 5.65. The maximum Gasteiger partial charge on any atom is 0.229 e. The fraction of sp³-hybridized carbons (Fsp3) is 0.375. The maximum absolute atomic E-state index is 12.7. The number of aromatic nitrogens is 1. The molecule has 0 spiro atoms. The highest BCUT2D eigenvalue weighted by molar-refractivity contribution is 7.18. The standard InChI is InChI=1S/C24H25N3O2S/c28-23-14-17(15-27(23)19-5-1-2-6-19)24(29)25-18-11-9-16(10-12-18)13-22-26-20-7-3-4-8-21(20)30-22/h3-4,7-12,17,19H,1-2,5-6,13-15H2,(H,25,29)/t17-/m0/s1. The third-order valence-electron chi connectivity index (χ3n) is 6.21. The lowest BCUT2D eigenvalue weighted by molar-refractivity contribution is -0.129. The first-order valence-corrected chi connectivity index (χ1v) is 11.5. The molecule has 2 heterocycles. The van der Waals surface area contributed by atoms with Crippen molar-refractivity contribution in [2.45, 2.75) is 44.6 Å². The molecule has 5 nitrogen and oxygen atoms in total. The predicted octanol–water partition coefficient (Wildman–Crippen LogP) is 4.62. The van der Waals surface area contributed by atoms with Gasteiger partial charge in [0.05, 0.1) is 21.1 Å². The summed E-state index contributed by atoms with van der Waals surface area (Å²) >= 11 is 1.72. The summed E-state index contributed by atoms with van der Waals surface area (Å²) in [4.78, 5) is 31.7. The minimum absolute atomic E-state index is 0.0530. The number of likely N-dealkylation sites (tertiary alicyclic amines) is 1. The minimum Gasteiger partial charge on any atom is -0.339 e. The quantitative estimate of drug-likeness (QED) is 0.657. The fourth-order valence-corrected chi connectivity index (χ4v) is 5.60. The number of para-hydroxylation sites is 1. The van der Waals surface area contributed by atoms with E-state index in [4.69, 9.17) is 4.98 Å². The van der Waals surface area contributed by atoms with Gasteiger partial charge in [0, 0.05) is 31.1 Å². The molecular weight excluding hydrogens is 394 g/mol. The van der Waals surface area contributed by atoms with Crippen molar-refractivity contribution in [3.8, 4) is 0 Å². The molecule has 2 fully saturated rings. The molecule has 154 valence electrons. The van der Waals surface area contributed by atoms with Gasteiger partial charge < -0.3 is 10.2 Å². The molecule has 1 aromatic heterocycles. The molecule has 1 aliphatic carbocycles. The first-order valence-electron chi connectivity index (χ1n) is 10.7. The lowest BCUT2D eigenvalue weighted by atomic mass is 10.1. The summed E-state index contributed by atoms with van der Waals surface area (Å²) in [6.45, 7) is 0.561. The molecule has 2 aliphatic rings. The first kappa shape index (κ1) is 19.2. The van der Waals surface area contributed by atoms with E-state index >= 15 is 0 Å². The topological polar surface area (TPSA) is 62.3 Å². The van der Waals surface area contributed by atoms with Gasteiger partial charge in [-0.1, -0.05) is 37.1 Å². The van der Waals surface area contributed by atoms with Gasteiger partial charge >= 0.3 is 0 Å². The highest BCUT2D eigenvalue weighted by Crippen LogP contribution is 2.30. The lowest BCUT2D eigenvalue weighted by Gasteiger charge is -2.23. The van der Waals surface area contributed by atoms with Crippen LogP contribution in [-0.2, 0) is 16.0 Å². The molecule has 1 N–H and O–H groups in total. The van der Waals surface area contributed by atoms with Gasteiger partial charge in [0.25, 0.3) is 0 Å². The van der Waals surface area contributed by atoms with Gasteiger partial charge in [0.1, 0.15) is 0 Å². The molecule has 1 saturated carbocycles. The molecular formula is C24H25N3O2S. The monoisotopic (exact) mass is 419 g/mol. The van der Waals surface area contributed by atoms with Crippen molar-refractivity contribution in [2.75, 3.05) is 11.9 Å². The molecule has 0 unspecified atom stereocenters. The van der Waals surface area contributed by atoms with Crippen molar-refractivity contribution >= 4 is 39.1 Å². The first-order chi connectivity index (χ1) is 14.7. The minimum atomic E-state index is -0.250. The van der Waals surface area contributed by atoms with E-state index in [-0.39, 0.29) is 17.7 Å². The van der Waals surface area contributed by atoms with E-state index in [1.54, 1.807) is 11.3 Å². The number of hydrogen-bond acceptors (Lipinski definition) is 4. The van der Waals surface area contributed by atoms with E-state index in [0.29, 0.717) is 19.0 Å². The van der Waals surface area contributed by atoms with E-state index < -0.39 is 0 Å². The molecule has 6 heteroatoms. The summed E-state index contributed by atoms with van der Waals surface area (Å²) < 4.78 is 1.20. The number of nitrogens with one attached hydrogen (secondary N) is 1. The Bertz CT molecular complexity index is 1040. The van der Waals surface area contributed by atoms with Crippen LogP contribution in [-0.4, -0.2) is 34.3 Å². The fourth-order valence-electron chi connectivity index (χ4n) is 4.60. The van der Waals surface area contributed by atoms with Gasteiger partial charge in [-0.15, -0.1) is 11.3 Å². The van der Waals surface area contributed by atoms with Gasteiger partial charge in [-0.2, -0.15) is 0 Å². The zero-order chi connectivity index (χ0) is 20.5. The zero-order valence-corrected chi connectivity index (χ0v) is 17.7. The van der Waals surface area contributed by atoms with E-state index in [0.717, 1.165) is 41.0 Å². The number of anilines is 1. The lowest BCUT2D eigenvalue weighted by Crippen LogP contribution is -2.35. The number of carbonyl (C=O) groups excluding carboxylic acids is 2. The van der Waals surface area contributed by atoms with Crippen LogP contribution >= 0.6 is 11.3 Å². The van der Waals surface area contributed by atoms with Gasteiger partial charge in [-0.25, -0.2) is 4.98 Å². The van der Waals surface area contributed by atoms with Crippen LogP contribution in [0, 0.1) is 5.92 Å². The van der Waals surface area contributed by atoms with Gasteiger partial charge in [-0.05, 0) is 42.7 Å². The molecule has 1 atom stereocenters. The van der Waals surface area contributed by atoms with Gasteiger partial charge in [0.15, 0.2) is 0 Å². The third-order valence-corrected chi connectivity index (χ3v) is 7.25. The summed E-state index contributed by atoms with van der Waals surface area (Å²) in [6, 6.07) is 16.5. The normalized spacial score (nSPS) is 19.7.